The maximum absolute atomic E-state index is 6.04. The molecule has 1 aromatic carbocycles. The molecule has 19 heavy (non-hydrogen) atoms. The Hall–Kier alpha value is -2.20. The predicted molar refractivity (Wildman–Crippen MR) is 82.3 cm³/mol. The molecule has 0 radical (unpaired) electrons. The van der Waals surface area contributed by atoms with Gasteiger partial charge in [-0.3, -0.25) is 0 Å². The summed E-state index contributed by atoms with van der Waals surface area (Å²) in [5.41, 5.74) is 8.80. The van der Waals surface area contributed by atoms with E-state index < -0.39 is 0 Å². The van der Waals surface area contributed by atoms with Gasteiger partial charge in [-0.2, -0.15) is 5.10 Å². The summed E-state index contributed by atoms with van der Waals surface area (Å²) in [5.74, 6) is 0.611. The number of para-hydroxylation sites is 1. The molecule has 0 saturated carbocycles. The second-order valence-electron chi connectivity index (χ2n) is 4.34. The van der Waals surface area contributed by atoms with Gasteiger partial charge in [0.25, 0.3) is 0 Å². The van der Waals surface area contributed by atoms with Crippen molar-refractivity contribution in [2.24, 2.45) is 0 Å². The summed E-state index contributed by atoms with van der Waals surface area (Å²) in [6.07, 6.45) is 6.83. The van der Waals surface area contributed by atoms with Crippen LogP contribution in [0.5, 0.6) is 0 Å². The number of allylic oxidation sites excluding steroid dienone is 4. The number of hydrogen-bond acceptors (Lipinski definition) is 3. The second-order valence-corrected chi connectivity index (χ2v) is 4.83. The molecule has 94 valence electrons. The molecule has 0 aliphatic heterocycles. The molecular weight excluding hydrogens is 254 g/mol. The highest BCUT2D eigenvalue weighted by molar-refractivity contribution is 7.81. The smallest absolute Gasteiger partial charge is 0.127 e. The fourth-order valence-corrected chi connectivity index (χ4v) is 2.34. The summed E-state index contributed by atoms with van der Waals surface area (Å²) in [7, 11) is 0. The van der Waals surface area contributed by atoms with Gasteiger partial charge in [0.2, 0.25) is 0 Å². The lowest BCUT2D eigenvalue weighted by Gasteiger charge is -2.07. The fraction of sp³-hybridized carbons (Fsp3) is 0.0667. The summed E-state index contributed by atoms with van der Waals surface area (Å²) in [6.45, 7) is 0. The zero-order valence-electron chi connectivity index (χ0n) is 10.3. The monoisotopic (exact) mass is 267 g/mol. The van der Waals surface area contributed by atoms with E-state index in [-0.39, 0.29) is 0 Å². The Morgan fingerprint density at radius 3 is 2.74 bits per heavy atom. The minimum Gasteiger partial charge on any atom is -0.384 e. The van der Waals surface area contributed by atoms with Crippen LogP contribution in [0.15, 0.2) is 54.6 Å². The fourth-order valence-electron chi connectivity index (χ4n) is 2.07. The average molecular weight is 267 g/mol. The quantitative estimate of drug-likeness (QED) is 0.850. The summed E-state index contributed by atoms with van der Waals surface area (Å²) in [4.78, 5) is 0.903. The highest BCUT2D eigenvalue weighted by Gasteiger charge is 2.14. The molecule has 2 N–H and O–H groups in total. The highest BCUT2D eigenvalue weighted by atomic mass is 32.1. The lowest BCUT2D eigenvalue weighted by atomic mass is 10.0. The van der Waals surface area contributed by atoms with Gasteiger partial charge in [0, 0.05) is 22.9 Å². The Morgan fingerprint density at radius 1 is 1.21 bits per heavy atom. The third-order valence-corrected chi connectivity index (χ3v) is 3.40. The van der Waals surface area contributed by atoms with Crippen LogP contribution in [0.3, 0.4) is 0 Å². The van der Waals surface area contributed by atoms with Crippen LogP contribution < -0.4 is 5.73 Å². The molecule has 3 nitrogen and oxygen atoms in total. The topological polar surface area (TPSA) is 43.8 Å². The normalized spacial score (nSPS) is 14.5. The average Bonchev–Trinajstić information content (AvgIpc) is 2.82. The molecule has 0 unspecified atom stereocenters. The van der Waals surface area contributed by atoms with Crippen LogP contribution in [0.25, 0.3) is 11.3 Å². The van der Waals surface area contributed by atoms with Crippen molar-refractivity contribution in [2.75, 3.05) is 5.73 Å². The van der Waals surface area contributed by atoms with E-state index in [0.29, 0.717) is 5.82 Å². The van der Waals surface area contributed by atoms with Gasteiger partial charge in [0.15, 0.2) is 0 Å². The standard InChI is InChI=1S/C15H13N3S/c16-15-10-13(12-8-4-5-9-14(12)19)17-18(15)11-6-2-1-3-7-11/h1-8,10H,9,16H2. The second kappa shape index (κ2) is 4.82. The SMILES string of the molecule is Nc1cc(C2=CC=CCC2=S)nn1-c1ccccc1. The molecule has 0 amide bonds. The van der Waals surface area contributed by atoms with Crippen molar-refractivity contribution in [3.05, 3.63) is 60.3 Å². The minimum atomic E-state index is 0.611. The number of hydrogen-bond donors (Lipinski definition) is 1. The number of nitrogen functional groups attached to an aromatic ring is 1. The third kappa shape index (κ3) is 2.22. The van der Waals surface area contributed by atoms with Gasteiger partial charge in [-0.25, -0.2) is 4.68 Å². The zero-order chi connectivity index (χ0) is 13.2. The van der Waals surface area contributed by atoms with Gasteiger partial charge in [0.1, 0.15) is 5.82 Å². The van der Waals surface area contributed by atoms with Crippen LogP contribution in [0, 0.1) is 0 Å². The number of aromatic nitrogens is 2. The lowest BCUT2D eigenvalue weighted by Crippen LogP contribution is -2.04. The summed E-state index contributed by atoms with van der Waals surface area (Å²) < 4.78 is 1.73. The van der Waals surface area contributed by atoms with Gasteiger partial charge in [-0.15, -0.1) is 0 Å². The number of nitrogens with zero attached hydrogens (tertiary/aromatic N) is 2. The molecule has 1 aromatic heterocycles. The van der Waals surface area contributed by atoms with Crippen LogP contribution in [0.1, 0.15) is 12.1 Å². The van der Waals surface area contributed by atoms with Crippen molar-refractivity contribution in [2.45, 2.75) is 6.42 Å². The van der Waals surface area contributed by atoms with Crippen LogP contribution in [0.2, 0.25) is 0 Å². The molecule has 0 bridgehead atoms. The first-order valence-electron chi connectivity index (χ1n) is 6.07. The molecule has 4 heteroatoms. The van der Waals surface area contributed by atoms with E-state index in [1.54, 1.807) is 4.68 Å². The van der Waals surface area contributed by atoms with E-state index in [4.69, 9.17) is 18.0 Å². The number of anilines is 1. The molecule has 3 rings (SSSR count). The zero-order valence-corrected chi connectivity index (χ0v) is 11.1. The van der Waals surface area contributed by atoms with E-state index >= 15 is 0 Å². The first-order chi connectivity index (χ1) is 9.25. The van der Waals surface area contributed by atoms with Gasteiger partial charge in [-0.05, 0) is 12.1 Å². The van der Waals surface area contributed by atoms with Gasteiger partial charge >= 0.3 is 0 Å². The summed E-state index contributed by atoms with van der Waals surface area (Å²) >= 11 is 5.37. The first kappa shape index (κ1) is 11.9. The summed E-state index contributed by atoms with van der Waals surface area (Å²) in [5, 5.41) is 4.56. The number of nitrogens with two attached hydrogens (primary N) is 1. The number of rotatable bonds is 2. The Kier molecular flexibility index (Phi) is 3.01. The van der Waals surface area contributed by atoms with Crippen molar-refractivity contribution in [1.82, 2.24) is 9.78 Å². The highest BCUT2D eigenvalue weighted by Crippen LogP contribution is 2.24. The molecule has 0 spiro atoms. The van der Waals surface area contributed by atoms with Gasteiger partial charge in [-0.1, -0.05) is 48.6 Å². The Bertz CT molecular complexity index is 681. The van der Waals surface area contributed by atoms with Crippen LogP contribution in [0.4, 0.5) is 5.82 Å². The largest absolute Gasteiger partial charge is 0.384 e. The number of benzene rings is 1. The van der Waals surface area contributed by atoms with Crippen LogP contribution in [-0.4, -0.2) is 14.6 Å². The third-order valence-electron chi connectivity index (χ3n) is 3.02. The molecule has 0 saturated heterocycles. The van der Waals surface area contributed by atoms with E-state index in [0.717, 1.165) is 28.2 Å². The van der Waals surface area contributed by atoms with Crippen molar-refractivity contribution >= 4 is 28.5 Å². The van der Waals surface area contributed by atoms with Gasteiger partial charge < -0.3 is 5.73 Å². The Labute approximate surface area is 117 Å². The molecule has 0 fully saturated rings. The van der Waals surface area contributed by atoms with Crippen LogP contribution >= 0.6 is 12.2 Å². The maximum Gasteiger partial charge on any atom is 0.127 e. The molecule has 1 aliphatic rings. The molecule has 1 aliphatic carbocycles. The van der Waals surface area contributed by atoms with E-state index in [1.165, 1.54) is 0 Å². The van der Waals surface area contributed by atoms with Gasteiger partial charge in [0.05, 0.1) is 11.4 Å². The minimum absolute atomic E-state index is 0.611. The molecular formula is C15H13N3S. The predicted octanol–water partition coefficient (Wildman–Crippen LogP) is 3.17. The van der Waals surface area contributed by atoms with Crippen LogP contribution in [-0.2, 0) is 0 Å². The molecule has 1 heterocycles. The molecule has 0 atom stereocenters. The van der Waals surface area contributed by atoms with E-state index in [1.807, 2.05) is 54.6 Å². The maximum atomic E-state index is 6.04. The Morgan fingerprint density at radius 2 is 2.00 bits per heavy atom. The van der Waals surface area contributed by atoms with Crippen molar-refractivity contribution in [3.8, 4) is 5.69 Å². The number of thiocarbonyl (C=S) groups is 1. The van der Waals surface area contributed by atoms with Crippen molar-refractivity contribution < 1.29 is 0 Å². The molecule has 2 aromatic rings. The Balaban J connectivity index is 2.05. The van der Waals surface area contributed by atoms with E-state index in [2.05, 4.69) is 5.10 Å². The van der Waals surface area contributed by atoms with Crippen molar-refractivity contribution in [1.29, 1.82) is 0 Å². The van der Waals surface area contributed by atoms with Crippen molar-refractivity contribution in [3.63, 3.8) is 0 Å². The summed E-state index contributed by atoms with van der Waals surface area (Å²) in [6, 6.07) is 11.7. The van der Waals surface area contributed by atoms with E-state index in [9.17, 15) is 0 Å². The lowest BCUT2D eigenvalue weighted by molar-refractivity contribution is 0.885. The first-order valence-corrected chi connectivity index (χ1v) is 6.48.